The van der Waals surface area contributed by atoms with Crippen molar-refractivity contribution in [3.63, 3.8) is 0 Å². The fourth-order valence-corrected chi connectivity index (χ4v) is 6.16. The third-order valence-corrected chi connectivity index (χ3v) is 8.11. The van der Waals surface area contributed by atoms with Gasteiger partial charge >= 0.3 is 0 Å². The first kappa shape index (κ1) is 22.8. The van der Waals surface area contributed by atoms with E-state index in [2.05, 4.69) is 5.32 Å². The van der Waals surface area contributed by atoms with E-state index in [1.165, 1.54) is 18.2 Å². The Labute approximate surface area is 195 Å². The Hall–Kier alpha value is -3.43. The first-order valence-corrected chi connectivity index (χ1v) is 12.5. The van der Waals surface area contributed by atoms with Crippen molar-refractivity contribution in [3.8, 4) is 0 Å². The van der Waals surface area contributed by atoms with Crippen molar-refractivity contribution < 1.29 is 18.1 Å². The Balaban J connectivity index is 1.63. The maximum atomic E-state index is 13.1. The summed E-state index contributed by atoms with van der Waals surface area (Å²) in [4.78, 5) is 24.0. The van der Waals surface area contributed by atoms with Crippen LogP contribution in [0.4, 0.5) is 11.4 Å². The lowest BCUT2D eigenvalue weighted by atomic mass is 10.1. The summed E-state index contributed by atoms with van der Waals surface area (Å²) in [5.74, 6) is -0.427. The van der Waals surface area contributed by atoms with Crippen molar-refractivity contribution in [3.05, 3.63) is 97.9 Å². The lowest BCUT2D eigenvalue weighted by Gasteiger charge is -2.20. The average molecular weight is 481 g/mol. The van der Waals surface area contributed by atoms with Gasteiger partial charge in [0, 0.05) is 17.0 Å². The Morgan fingerprint density at radius 3 is 2.33 bits per heavy atom. The normalized spacial score (nSPS) is 14.6. The van der Waals surface area contributed by atoms with E-state index < -0.39 is 14.8 Å². The Kier molecular flexibility index (Phi) is 6.09. The zero-order valence-electron chi connectivity index (χ0n) is 17.9. The lowest BCUT2D eigenvalue weighted by molar-refractivity contribution is -0.384. The topological polar surface area (TPSA) is 106 Å². The van der Waals surface area contributed by atoms with Crippen LogP contribution in [0, 0.1) is 24.0 Å². The molecule has 0 aliphatic carbocycles. The van der Waals surface area contributed by atoms with E-state index in [0.29, 0.717) is 21.1 Å². The minimum Gasteiger partial charge on any atom is -0.320 e. The molecule has 1 N–H and O–H groups in total. The van der Waals surface area contributed by atoms with Gasteiger partial charge in [-0.15, -0.1) is 0 Å². The van der Waals surface area contributed by atoms with Crippen LogP contribution >= 0.6 is 11.8 Å². The number of nitro groups is 1. The van der Waals surface area contributed by atoms with Gasteiger partial charge in [0.25, 0.3) is 11.6 Å². The quantitative estimate of drug-likeness (QED) is 0.303. The van der Waals surface area contributed by atoms with Gasteiger partial charge in [0.05, 0.1) is 26.2 Å². The highest BCUT2D eigenvalue weighted by molar-refractivity contribution is 8.04. The molecule has 4 rings (SSSR count). The number of aryl methyl sites for hydroxylation is 2. The minimum absolute atomic E-state index is 0.0398. The van der Waals surface area contributed by atoms with Crippen LogP contribution in [0.5, 0.6) is 0 Å². The predicted molar refractivity (Wildman–Crippen MR) is 129 cm³/mol. The number of hydrogen-bond donors (Lipinski definition) is 1. The van der Waals surface area contributed by atoms with E-state index in [-0.39, 0.29) is 22.2 Å². The number of hydrogen-bond acceptors (Lipinski definition) is 6. The summed E-state index contributed by atoms with van der Waals surface area (Å²) in [6.07, 6.45) is 1.62. The number of anilines is 1. The monoisotopic (exact) mass is 480 g/mol. The number of nitrogens with zero attached hydrogens (tertiary/aromatic N) is 1. The van der Waals surface area contributed by atoms with Crippen molar-refractivity contribution in [1.29, 1.82) is 0 Å². The smallest absolute Gasteiger partial charge is 0.269 e. The molecule has 1 aliphatic rings. The third kappa shape index (κ3) is 4.84. The lowest BCUT2D eigenvalue weighted by Crippen LogP contribution is -2.17. The first-order valence-electron chi connectivity index (χ1n) is 10.0. The molecule has 0 bridgehead atoms. The number of nitro benzene ring substituents is 1. The molecular weight excluding hydrogens is 460 g/mol. The fourth-order valence-electron chi connectivity index (χ4n) is 3.52. The van der Waals surface area contributed by atoms with Crippen LogP contribution < -0.4 is 5.32 Å². The zero-order chi connectivity index (χ0) is 23.8. The van der Waals surface area contributed by atoms with E-state index in [4.69, 9.17) is 0 Å². The molecule has 0 radical (unpaired) electrons. The highest BCUT2D eigenvalue weighted by Crippen LogP contribution is 2.40. The second-order valence-electron chi connectivity index (χ2n) is 7.70. The Morgan fingerprint density at radius 2 is 1.70 bits per heavy atom. The number of fused-ring (bicyclic) bond motifs is 1. The molecule has 168 valence electrons. The maximum absolute atomic E-state index is 13.1. The summed E-state index contributed by atoms with van der Waals surface area (Å²) in [7, 11) is -3.60. The van der Waals surface area contributed by atoms with E-state index >= 15 is 0 Å². The van der Waals surface area contributed by atoms with Crippen molar-refractivity contribution >= 4 is 45.0 Å². The van der Waals surface area contributed by atoms with Crippen LogP contribution in [0.25, 0.3) is 6.08 Å². The first-order chi connectivity index (χ1) is 15.6. The van der Waals surface area contributed by atoms with Crippen LogP contribution in [-0.2, 0) is 20.4 Å². The van der Waals surface area contributed by atoms with Crippen molar-refractivity contribution in [2.75, 3.05) is 5.32 Å². The molecule has 0 saturated heterocycles. The van der Waals surface area contributed by atoms with Gasteiger partial charge in [-0.05, 0) is 72.5 Å². The molecule has 1 aliphatic heterocycles. The maximum Gasteiger partial charge on any atom is 0.269 e. The van der Waals surface area contributed by atoms with Crippen LogP contribution in [0.2, 0.25) is 0 Å². The highest BCUT2D eigenvalue weighted by Gasteiger charge is 2.25. The summed E-state index contributed by atoms with van der Waals surface area (Å²) < 4.78 is 26.3. The zero-order valence-corrected chi connectivity index (χ0v) is 19.5. The van der Waals surface area contributed by atoms with Gasteiger partial charge in [0.1, 0.15) is 0 Å². The number of amides is 1. The summed E-state index contributed by atoms with van der Waals surface area (Å²) >= 11 is 1.16. The van der Waals surface area contributed by atoms with Gasteiger partial charge in [0.15, 0.2) is 9.84 Å². The number of sulfone groups is 1. The summed E-state index contributed by atoms with van der Waals surface area (Å²) in [5.41, 5.74) is 3.76. The molecule has 0 atom stereocenters. The molecule has 33 heavy (non-hydrogen) atoms. The molecule has 1 heterocycles. The van der Waals surface area contributed by atoms with Gasteiger partial charge < -0.3 is 5.32 Å². The van der Waals surface area contributed by atoms with Crippen LogP contribution in [0.1, 0.15) is 22.3 Å². The van der Waals surface area contributed by atoms with E-state index in [0.717, 1.165) is 28.5 Å². The molecule has 0 fully saturated rings. The second-order valence-corrected chi connectivity index (χ2v) is 10.8. The molecule has 7 nitrogen and oxygen atoms in total. The van der Waals surface area contributed by atoms with E-state index in [9.17, 15) is 23.3 Å². The Morgan fingerprint density at radius 1 is 1.03 bits per heavy atom. The molecule has 9 heteroatoms. The average Bonchev–Trinajstić information content (AvgIpc) is 2.77. The molecule has 3 aromatic carbocycles. The summed E-state index contributed by atoms with van der Waals surface area (Å²) in [6.45, 7) is 3.79. The predicted octanol–water partition coefficient (Wildman–Crippen LogP) is 5.27. The second kappa shape index (κ2) is 8.84. The van der Waals surface area contributed by atoms with Crippen molar-refractivity contribution in [1.82, 2.24) is 0 Å². The van der Waals surface area contributed by atoms with Crippen LogP contribution in [0.3, 0.4) is 0 Å². The van der Waals surface area contributed by atoms with Gasteiger partial charge in [0.2, 0.25) is 0 Å². The van der Waals surface area contributed by atoms with E-state index in [1.807, 2.05) is 32.0 Å². The molecule has 3 aromatic rings. The standard InChI is InChI=1S/C24H20N2O5S2/c1-15-4-3-5-16(2)20(15)14-33(30,31)19-10-11-21-22(13-19)32-23(24(27)25-21)12-17-6-8-18(9-7-17)26(28)29/h3-13H,14H2,1-2H3,(H,25,27)/b23-12-. The summed E-state index contributed by atoms with van der Waals surface area (Å²) in [5, 5.41) is 13.6. The molecule has 0 aromatic heterocycles. The number of nitrogens with one attached hydrogen (secondary N) is 1. The number of rotatable bonds is 5. The molecule has 1 amide bonds. The van der Waals surface area contributed by atoms with Crippen molar-refractivity contribution in [2.45, 2.75) is 29.4 Å². The number of carbonyl (C=O) groups excluding carboxylic acids is 1. The van der Waals surface area contributed by atoms with Gasteiger partial charge in [-0.3, -0.25) is 14.9 Å². The van der Waals surface area contributed by atoms with E-state index in [1.54, 1.807) is 30.3 Å². The molecule has 0 spiro atoms. The number of benzene rings is 3. The molecular formula is C24H20N2O5S2. The fraction of sp³-hybridized carbons (Fsp3) is 0.125. The largest absolute Gasteiger partial charge is 0.320 e. The van der Waals surface area contributed by atoms with Crippen LogP contribution in [0.15, 0.2) is 75.4 Å². The third-order valence-electron chi connectivity index (χ3n) is 5.38. The van der Waals surface area contributed by atoms with Crippen LogP contribution in [-0.4, -0.2) is 19.2 Å². The van der Waals surface area contributed by atoms with Gasteiger partial charge in [-0.25, -0.2) is 8.42 Å². The molecule has 0 unspecified atom stereocenters. The highest BCUT2D eigenvalue weighted by atomic mass is 32.2. The summed E-state index contributed by atoms with van der Waals surface area (Å²) in [6, 6.07) is 16.2. The minimum atomic E-state index is -3.60. The van der Waals surface area contributed by atoms with Gasteiger partial charge in [-0.1, -0.05) is 30.0 Å². The molecule has 0 saturated carbocycles. The number of carbonyl (C=O) groups is 1. The Bertz CT molecular complexity index is 1390. The number of thioether (sulfide) groups is 1. The SMILES string of the molecule is Cc1cccc(C)c1CS(=O)(=O)c1ccc2c(c1)S/C(=C\c1ccc([N+](=O)[O-])cc1)C(=O)N2. The number of non-ortho nitro benzene ring substituents is 1. The van der Waals surface area contributed by atoms with Crippen molar-refractivity contribution in [2.24, 2.45) is 0 Å². The van der Waals surface area contributed by atoms with Gasteiger partial charge in [-0.2, -0.15) is 0 Å².